The van der Waals surface area contributed by atoms with Gasteiger partial charge >= 0.3 is 0 Å². The van der Waals surface area contributed by atoms with Gasteiger partial charge in [-0.3, -0.25) is 9.58 Å². The van der Waals surface area contributed by atoms with Crippen LogP contribution in [-0.2, 0) is 13.5 Å². The summed E-state index contributed by atoms with van der Waals surface area (Å²) in [5.41, 5.74) is 1.34. The molecule has 4 heteroatoms. The highest BCUT2D eigenvalue weighted by molar-refractivity contribution is 5.01. The summed E-state index contributed by atoms with van der Waals surface area (Å²) in [5.74, 6) is 0. The molecule has 0 amide bonds. The minimum Gasteiger partial charge on any atom is -0.311 e. The fraction of sp³-hybridized carbons (Fsp3) is 0.800. The highest BCUT2D eigenvalue weighted by atomic mass is 15.3. The monoisotopic (exact) mass is 264 g/mol. The van der Waals surface area contributed by atoms with Crippen molar-refractivity contribution in [1.82, 2.24) is 20.0 Å². The molecule has 0 saturated carbocycles. The van der Waals surface area contributed by atoms with Gasteiger partial charge in [-0.15, -0.1) is 0 Å². The Morgan fingerprint density at radius 1 is 1.42 bits per heavy atom. The number of nitrogens with one attached hydrogen (secondary N) is 1. The molecule has 1 N–H and O–H groups in total. The van der Waals surface area contributed by atoms with Gasteiger partial charge in [0.05, 0.1) is 0 Å². The molecular formula is C15H28N4. The number of aromatic nitrogens is 2. The SMILES string of the molecule is CCCC1CNC(CC)CN1CCc1ccnn1C. The van der Waals surface area contributed by atoms with Crippen molar-refractivity contribution in [2.75, 3.05) is 19.6 Å². The van der Waals surface area contributed by atoms with Gasteiger partial charge in [0.1, 0.15) is 0 Å². The van der Waals surface area contributed by atoms with Gasteiger partial charge in [0.2, 0.25) is 0 Å². The third-order valence-corrected chi connectivity index (χ3v) is 4.31. The molecule has 2 unspecified atom stereocenters. The summed E-state index contributed by atoms with van der Waals surface area (Å²) < 4.78 is 1.99. The molecule has 1 fully saturated rings. The summed E-state index contributed by atoms with van der Waals surface area (Å²) in [5, 5.41) is 7.93. The number of rotatable bonds is 6. The standard InChI is InChI=1S/C15H28N4/c1-4-6-15-11-16-13(5-2)12-19(15)10-8-14-7-9-17-18(14)3/h7,9,13,15-16H,4-6,8,10-12H2,1-3H3. The van der Waals surface area contributed by atoms with E-state index >= 15 is 0 Å². The Hall–Kier alpha value is -0.870. The van der Waals surface area contributed by atoms with E-state index in [-0.39, 0.29) is 0 Å². The van der Waals surface area contributed by atoms with Crippen LogP contribution in [0.2, 0.25) is 0 Å². The summed E-state index contributed by atoms with van der Waals surface area (Å²) >= 11 is 0. The molecule has 1 aliphatic heterocycles. The van der Waals surface area contributed by atoms with Crippen LogP contribution >= 0.6 is 0 Å². The zero-order valence-electron chi connectivity index (χ0n) is 12.6. The lowest BCUT2D eigenvalue weighted by Gasteiger charge is -2.40. The zero-order valence-corrected chi connectivity index (χ0v) is 12.6. The van der Waals surface area contributed by atoms with Gasteiger partial charge in [-0.25, -0.2) is 0 Å². The molecule has 4 nitrogen and oxygen atoms in total. The molecule has 0 aromatic carbocycles. The van der Waals surface area contributed by atoms with Crippen LogP contribution in [0, 0.1) is 0 Å². The summed E-state index contributed by atoms with van der Waals surface area (Å²) in [6, 6.07) is 3.51. The van der Waals surface area contributed by atoms with Crippen molar-refractivity contribution in [1.29, 1.82) is 0 Å². The maximum Gasteiger partial charge on any atom is 0.0492 e. The summed E-state index contributed by atoms with van der Waals surface area (Å²) in [7, 11) is 2.03. The Morgan fingerprint density at radius 2 is 2.26 bits per heavy atom. The first-order valence-corrected chi connectivity index (χ1v) is 7.68. The summed E-state index contributed by atoms with van der Waals surface area (Å²) in [6.07, 6.45) is 6.79. The van der Waals surface area contributed by atoms with Crippen molar-refractivity contribution >= 4 is 0 Å². The second-order valence-electron chi connectivity index (χ2n) is 5.65. The Labute approximate surface area is 117 Å². The summed E-state index contributed by atoms with van der Waals surface area (Å²) in [6.45, 7) is 8.06. The van der Waals surface area contributed by atoms with Crippen LogP contribution in [0.1, 0.15) is 38.8 Å². The first-order valence-electron chi connectivity index (χ1n) is 7.68. The molecule has 0 radical (unpaired) electrons. The predicted molar refractivity (Wildman–Crippen MR) is 79.3 cm³/mol. The molecular weight excluding hydrogens is 236 g/mol. The van der Waals surface area contributed by atoms with E-state index in [9.17, 15) is 0 Å². The smallest absolute Gasteiger partial charge is 0.0492 e. The van der Waals surface area contributed by atoms with Crippen molar-refractivity contribution in [3.8, 4) is 0 Å². The molecule has 2 heterocycles. The number of aryl methyl sites for hydroxylation is 1. The molecule has 0 spiro atoms. The Morgan fingerprint density at radius 3 is 2.89 bits per heavy atom. The van der Waals surface area contributed by atoms with E-state index in [1.165, 1.54) is 31.5 Å². The lowest BCUT2D eigenvalue weighted by atomic mass is 10.0. The van der Waals surface area contributed by atoms with E-state index in [2.05, 4.69) is 35.2 Å². The molecule has 1 aliphatic rings. The number of hydrogen-bond donors (Lipinski definition) is 1. The first-order chi connectivity index (χ1) is 9.24. The van der Waals surface area contributed by atoms with E-state index in [4.69, 9.17) is 0 Å². The third-order valence-electron chi connectivity index (χ3n) is 4.31. The molecule has 108 valence electrons. The second-order valence-corrected chi connectivity index (χ2v) is 5.65. The zero-order chi connectivity index (χ0) is 13.7. The van der Waals surface area contributed by atoms with Gasteiger partial charge in [-0.05, 0) is 18.9 Å². The topological polar surface area (TPSA) is 33.1 Å². The molecule has 2 rings (SSSR count). The van der Waals surface area contributed by atoms with Crippen LogP contribution in [-0.4, -0.2) is 46.4 Å². The number of nitrogens with zero attached hydrogens (tertiary/aromatic N) is 3. The van der Waals surface area contributed by atoms with Crippen molar-refractivity contribution < 1.29 is 0 Å². The van der Waals surface area contributed by atoms with Gasteiger partial charge in [0, 0.05) is 57.1 Å². The average Bonchev–Trinajstić information content (AvgIpc) is 2.83. The quantitative estimate of drug-likeness (QED) is 0.851. The van der Waals surface area contributed by atoms with E-state index in [0.29, 0.717) is 12.1 Å². The second kappa shape index (κ2) is 7.06. The molecule has 2 atom stereocenters. The molecule has 1 saturated heterocycles. The normalized spacial score (nSPS) is 24.8. The van der Waals surface area contributed by atoms with Crippen LogP contribution in [0.5, 0.6) is 0 Å². The molecule has 19 heavy (non-hydrogen) atoms. The lowest BCUT2D eigenvalue weighted by Crippen LogP contribution is -2.56. The van der Waals surface area contributed by atoms with Crippen LogP contribution in [0.25, 0.3) is 0 Å². The van der Waals surface area contributed by atoms with Crippen LogP contribution in [0.4, 0.5) is 0 Å². The van der Waals surface area contributed by atoms with E-state index < -0.39 is 0 Å². The Bertz CT molecular complexity index is 374. The number of hydrogen-bond acceptors (Lipinski definition) is 3. The first kappa shape index (κ1) is 14.5. The van der Waals surface area contributed by atoms with Gasteiger partial charge in [-0.1, -0.05) is 20.3 Å². The number of piperazine rings is 1. The van der Waals surface area contributed by atoms with E-state index in [1.54, 1.807) is 0 Å². The minimum absolute atomic E-state index is 0.666. The Kier molecular flexibility index (Phi) is 5.40. The third kappa shape index (κ3) is 3.80. The molecule has 1 aromatic rings. The van der Waals surface area contributed by atoms with E-state index in [0.717, 1.165) is 19.5 Å². The van der Waals surface area contributed by atoms with Gasteiger partial charge in [-0.2, -0.15) is 5.10 Å². The van der Waals surface area contributed by atoms with Crippen molar-refractivity contribution in [2.45, 2.75) is 51.6 Å². The maximum atomic E-state index is 4.25. The molecule has 0 aliphatic carbocycles. The molecule has 1 aromatic heterocycles. The highest BCUT2D eigenvalue weighted by Crippen LogP contribution is 2.14. The fourth-order valence-electron chi connectivity index (χ4n) is 3.00. The fourth-order valence-corrected chi connectivity index (χ4v) is 3.00. The Balaban J connectivity index is 1.91. The minimum atomic E-state index is 0.666. The van der Waals surface area contributed by atoms with Gasteiger partial charge in [0.25, 0.3) is 0 Å². The van der Waals surface area contributed by atoms with Gasteiger partial charge in [0.15, 0.2) is 0 Å². The average molecular weight is 264 g/mol. The largest absolute Gasteiger partial charge is 0.311 e. The maximum absolute atomic E-state index is 4.25. The van der Waals surface area contributed by atoms with Crippen molar-refractivity contribution in [3.05, 3.63) is 18.0 Å². The highest BCUT2D eigenvalue weighted by Gasteiger charge is 2.26. The van der Waals surface area contributed by atoms with Crippen molar-refractivity contribution in [3.63, 3.8) is 0 Å². The predicted octanol–water partition coefficient (Wildman–Crippen LogP) is 1.82. The lowest BCUT2D eigenvalue weighted by molar-refractivity contribution is 0.122. The van der Waals surface area contributed by atoms with Crippen LogP contribution in [0.3, 0.4) is 0 Å². The van der Waals surface area contributed by atoms with E-state index in [1.807, 2.05) is 17.9 Å². The molecule has 0 bridgehead atoms. The summed E-state index contributed by atoms with van der Waals surface area (Å²) in [4.78, 5) is 2.68. The van der Waals surface area contributed by atoms with Crippen LogP contribution < -0.4 is 5.32 Å². The van der Waals surface area contributed by atoms with Crippen molar-refractivity contribution in [2.24, 2.45) is 7.05 Å². The van der Waals surface area contributed by atoms with Gasteiger partial charge < -0.3 is 5.32 Å². The van der Waals surface area contributed by atoms with Crippen LogP contribution in [0.15, 0.2) is 12.3 Å².